The third-order valence-corrected chi connectivity index (χ3v) is 5.65. The van der Waals surface area contributed by atoms with E-state index < -0.39 is 22.0 Å². The summed E-state index contributed by atoms with van der Waals surface area (Å²) < 4.78 is 61.7. The van der Waals surface area contributed by atoms with E-state index in [4.69, 9.17) is 15.0 Å². The molecule has 0 unspecified atom stereocenters. The van der Waals surface area contributed by atoms with Crippen LogP contribution in [0.2, 0.25) is 0 Å². The van der Waals surface area contributed by atoms with Crippen LogP contribution in [0.4, 0.5) is 8.78 Å². The fourth-order valence-electron chi connectivity index (χ4n) is 2.68. The lowest BCUT2D eigenvalue weighted by Gasteiger charge is -2.36. The molecule has 1 fully saturated rings. The Kier molecular flexibility index (Phi) is 4.37. The summed E-state index contributed by atoms with van der Waals surface area (Å²) in [6, 6.07) is 4.21. The van der Waals surface area contributed by atoms with E-state index >= 15 is 0 Å². The molecular weight excluding hydrogens is 360 g/mol. The van der Waals surface area contributed by atoms with Gasteiger partial charge in [-0.15, -0.1) is 0 Å². The number of rotatable bonds is 6. The quantitative estimate of drug-likeness (QED) is 0.795. The Bertz CT molecular complexity index is 872. The SMILES string of the molecule is COc1cc(-c2noc(CC3(N)CS(=O)(=O)C3)n2)ccc1OC(F)F. The fourth-order valence-corrected chi connectivity index (χ4v) is 4.55. The van der Waals surface area contributed by atoms with Gasteiger partial charge in [-0.05, 0) is 18.2 Å². The van der Waals surface area contributed by atoms with Gasteiger partial charge in [0.2, 0.25) is 11.7 Å². The highest BCUT2D eigenvalue weighted by Crippen LogP contribution is 2.33. The highest BCUT2D eigenvalue weighted by molar-refractivity contribution is 7.93. The van der Waals surface area contributed by atoms with Crippen LogP contribution in [0.1, 0.15) is 5.89 Å². The van der Waals surface area contributed by atoms with Crippen molar-refractivity contribution in [2.24, 2.45) is 5.73 Å². The lowest BCUT2D eigenvalue weighted by molar-refractivity contribution is -0.0512. The average molecular weight is 375 g/mol. The molecule has 1 aromatic heterocycles. The molecular formula is C14H15F2N3O5S. The minimum Gasteiger partial charge on any atom is -0.493 e. The minimum atomic E-state index is -3.08. The van der Waals surface area contributed by atoms with Crippen LogP contribution in [-0.4, -0.2) is 49.3 Å². The van der Waals surface area contributed by atoms with Gasteiger partial charge in [-0.25, -0.2) is 8.42 Å². The molecule has 25 heavy (non-hydrogen) atoms. The van der Waals surface area contributed by atoms with Gasteiger partial charge < -0.3 is 19.7 Å². The Hall–Kier alpha value is -2.27. The molecule has 8 nitrogen and oxygen atoms in total. The average Bonchev–Trinajstić information content (AvgIpc) is 2.92. The number of methoxy groups -OCH3 is 1. The number of hydrogen-bond acceptors (Lipinski definition) is 8. The predicted octanol–water partition coefficient (Wildman–Crippen LogP) is 1.01. The zero-order valence-corrected chi connectivity index (χ0v) is 13.9. The van der Waals surface area contributed by atoms with Crippen molar-refractivity contribution >= 4 is 9.84 Å². The normalized spacial score (nSPS) is 18.0. The van der Waals surface area contributed by atoms with E-state index in [0.29, 0.717) is 5.56 Å². The summed E-state index contributed by atoms with van der Waals surface area (Å²) in [5.74, 6) is 0.0909. The third kappa shape index (κ3) is 3.87. The van der Waals surface area contributed by atoms with Gasteiger partial charge in [-0.2, -0.15) is 13.8 Å². The third-order valence-electron chi connectivity index (χ3n) is 3.62. The van der Waals surface area contributed by atoms with Crippen LogP contribution in [-0.2, 0) is 16.3 Å². The molecule has 0 aliphatic carbocycles. The second kappa shape index (κ2) is 6.23. The summed E-state index contributed by atoms with van der Waals surface area (Å²) in [4.78, 5) is 4.16. The highest BCUT2D eigenvalue weighted by atomic mass is 32.2. The van der Waals surface area contributed by atoms with Crippen LogP contribution in [0.25, 0.3) is 11.4 Å². The molecule has 11 heteroatoms. The fraction of sp³-hybridized carbons (Fsp3) is 0.429. The molecule has 0 radical (unpaired) electrons. The number of alkyl halides is 2. The van der Waals surface area contributed by atoms with E-state index in [1.54, 1.807) is 0 Å². The summed E-state index contributed by atoms with van der Waals surface area (Å²) in [6.45, 7) is -2.98. The van der Waals surface area contributed by atoms with E-state index in [1.165, 1.54) is 25.3 Å². The van der Waals surface area contributed by atoms with Crippen molar-refractivity contribution < 1.29 is 31.2 Å². The van der Waals surface area contributed by atoms with Crippen molar-refractivity contribution in [1.82, 2.24) is 10.1 Å². The van der Waals surface area contributed by atoms with Gasteiger partial charge in [0.1, 0.15) is 0 Å². The topological polar surface area (TPSA) is 118 Å². The molecule has 1 saturated heterocycles. The first-order chi connectivity index (χ1) is 11.7. The second-order valence-corrected chi connectivity index (χ2v) is 7.89. The first-order valence-electron chi connectivity index (χ1n) is 7.15. The maximum atomic E-state index is 12.3. The van der Waals surface area contributed by atoms with E-state index in [2.05, 4.69) is 14.9 Å². The summed E-state index contributed by atoms with van der Waals surface area (Å²) >= 11 is 0. The van der Waals surface area contributed by atoms with E-state index in [1.807, 2.05) is 0 Å². The molecule has 0 bridgehead atoms. The van der Waals surface area contributed by atoms with Crippen molar-refractivity contribution in [3.63, 3.8) is 0 Å². The molecule has 2 N–H and O–H groups in total. The number of ether oxygens (including phenoxy) is 2. The molecule has 0 atom stereocenters. The van der Waals surface area contributed by atoms with Gasteiger partial charge in [-0.3, -0.25) is 0 Å². The Morgan fingerprint density at radius 1 is 1.36 bits per heavy atom. The lowest BCUT2D eigenvalue weighted by atomic mass is 10.0. The molecule has 0 saturated carbocycles. The molecule has 0 amide bonds. The summed E-state index contributed by atoms with van der Waals surface area (Å²) in [5, 5.41) is 3.80. The molecule has 1 aliphatic rings. The summed E-state index contributed by atoms with van der Waals surface area (Å²) in [7, 11) is -1.77. The molecule has 3 rings (SSSR count). The van der Waals surface area contributed by atoms with E-state index in [9.17, 15) is 17.2 Å². The summed E-state index contributed by atoms with van der Waals surface area (Å²) in [6.07, 6.45) is 0.128. The number of sulfone groups is 1. The number of benzene rings is 1. The van der Waals surface area contributed by atoms with Crippen molar-refractivity contribution in [1.29, 1.82) is 0 Å². The van der Waals surface area contributed by atoms with Crippen LogP contribution < -0.4 is 15.2 Å². The zero-order chi connectivity index (χ0) is 18.2. The molecule has 0 spiro atoms. The Morgan fingerprint density at radius 3 is 2.68 bits per heavy atom. The van der Waals surface area contributed by atoms with E-state index in [-0.39, 0.29) is 41.1 Å². The monoisotopic (exact) mass is 375 g/mol. The number of aromatic nitrogens is 2. The van der Waals surface area contributed by atoms with Crippen LogP contribution in [0.5, 0.6) is 11.5 Å². The van der Waals surface area contributed by atoms with Crippen LogP contribution in [0, 0.1) is 0 Å². The van der Waals surface area contributed by atoms with Gasteiger partial charge >= 0.3 is 6.61 Å². The number of halogens is 2. The van der Waals surface area contributed by atoms with E-state index in [0.717, 1.165) is 0 Å². The zero-order valence-electron chi connectivity index (χ0n) is 13.1. The molecule has 136 valence electrons. The highest BCUT2D eigenvalue weighted by Gasteiger charge is 2.46. The Balaban J connectivity index is 1.78. The predicted molar refractivity (Wildman–Crippen MR) is 82.2 cm³/mol. The maximum absolute atomic E-state index is 12.3. The maximum Gasteiger partial charge on any atom is 0.387 e. The Morgan fingerprint density at radius 2 is 2.08 bits per heavy atom. The second-order valence-electron chi connectivity index (χ2n) is 5.83. The number of nitrogens with zero attached hydrogens (tertiary/aromatic N) is 2. The van der Waals surface area contributed by atoms with Crippen molar-refractivity contribution in [3.05, 3.63) is 24.1 Å². The number of nitrogens with two attached hydrogens (primary N) is 1. The Labute approximate surface area is 141 Å². The largest absolute Gasteiger partial charge is 0.493 e. The van der Waals surface area contributed by atoms with Crippen LogP contribution in [0.3, 0.4) is 0 Å². The van der Waals surface area contributed by atoms with Gasteiger partial charge in [-0.1, -0.05) is 5.16 Å². The molecule has 1 aliphatic heterocycles. The number of hydrogen-bond donors (Lipinski definition) is 1. The smallest absolute Gasteiger partial charge is 0.387 e. The molecule has 2 heterocycles. The summed E-state index contributed by atoms with van der Waals surface area (Å²) in [5.41, 5.74) is 5.51. The van der Waals surface area contributed by atoms with Gasteiger partial charge in [0.15, 0.2) is 21.3 Å². The first kappa shape index (κ1) is 17.5. The first-order valence-corrected chi connectivity index (χ1v) is 8.97. The molecule has 1 aromatic carbocycles. The van der Waals surface area contributed by atoms with Crippen molar-refractivity contribution in [2.45, 2.75) is 18.6 Å². The van der Waals surface area contributed by atoms with Crippen LogP contribution in [0.15, 0.2) is 22.7 Å². The van der Waals surface area contributed by atoms with Crippen molar-refractivity contribution in [3.8, 4) is 22.9 Å². The van der Waals surface area contributed by atoms with Gasteiger partial charge in [0.05, 0.1) is 24.2 Å². The standard InChI is InChI=1S/C14H15F2N3O5S/c1-22-10-4-8(2-3-9(10)23-13(15)16)12-18-11(24-19-12)5-14(17)6-25(20,21)7-14/h2-4,13H,5-7,17H2,1H3. The van der Waals surface area contributed by atoms with Gasteiger partial charge in [0.25, 0.3) is 0 Å². The molecule has 2 aromatic rings. The van der Waals surface area contributed by atoms with Gasteiger partial charge in [0, 0.05) is 12.0 Å². The van der Waals surface area contributed by atoms with Crippen molar-refractivity contribution in [2.75, 3.05) is 18.6 Å². The minimum absolute atomic E-state index is 0.0875. The lowest BCUT2D eigenvalue weighted by Crippen LogP contribution is -2.62. The van der Waals surface area contributed by atoms with Crippen LogP contribution >= 0.6 is 0 Å².